The number of benzene rings is 5. The molecule has 273 valence electrons. The van der Waals surface area contributed by atoms with Crippen molar-refractivity contribution in [3.8, 4) is 33.5 Å². The second kappa shape index (κ2) is 17.8. The van der Waals surface area contributed by atoms with Crippen molar-refractivity contribution in [3.05, 3.63) is 138 Å². The van der Waals surface area contributed by atoms with E-state index >= 15 is 0 Å². The summed E-state index contributed by atoms with van der Waals surface area (Å²) in [6, 6.07) is 39.5. The van der Waals surface area contributed by atoms with E-state index in [1.165, 1.54) is 50.1 Å². The number of allylic oxidation sites excluding steroid dienone is 2. The molecule has 0 fully saturated rings. The van der Waals surface area contributed by atoms with Gasteiger partial charge in [-0.25, -0.2) is 0 Å². The van der Waals surface area contributed by atoms with Crippen molar-refractivity contribution in [3.63, 3.8) is 0 Å². The van der Waals surface area contributed by atoms with Crippen LogP contribution in [0.4, 0.5) is 0 Å². The number of fused-ring (bicyclic) bond motifs is 5. The molecule has 2 aromatic heterocycles. The quantitative estimate of drug-likeness (QED) is 0.0844. The van der Waals surface area contributed by atoms with Gasteiger partial charge in [-0.1, -0.05) is 94.4 Å². The van der Waals surface area contributed by atoms with Gasteiger partial charge in [-0.3, -0.25) is 4.79 Å². The van der Waals surface area contributed by atoms with Crippen LogP contribution >= 0.6 is 0 Å². The van der Waals surface area contributed by atoms with Crippen molar-refractivity contribution < 1.29 is 34.4 Å². The second-order valence-electron chi connectivity index (χ2n) is 13.6. The topological polar surface area (TPSA) is 63.3 Å². The van der Waals surface area contributed by atoms with Gasteiger partial charge in [0.1, 0.15) is 11.2 Å². The summed E-state index contributed by atoms with van der Waals surface area (Å²) in [5, 5.41) is 14.5. The van der Waals surface area contributed by atoms with Crippen LogP contribution in [-0.2, 0) is 24.9 Å². The number of carbonyl (C=O) groups is 1. The number of hydrogen-bond donors (Lipinski definition) is 1. The zero-order chi connectivity index (χ0) is 36.8. The molecule has 0 amide bonds. The van der Waals surface area contributed by atoms with Gasteiger partial charge in [0.25, 0.3) is 0 Å². The molecule has 7 rings (SSSR count). The Balaban J connectivity index is 0.000000290. The third-order valence-corrected chi connectivity index (χ3v) is 10.4. The van der Waals surface area contributed by atoms with E-state index in [-0.39, 0.29) is 43.5 Å². The van der Waals surface area contributed by atoms with Gasteiger partial charge >= 0.3 is 0 Å². The van der Waals surface area contributed by atoms with Crippen LogP contribution in [0.2, 0.25) is 0 Å². The van der Waals surface area contributed by atoms with Gasteiger partial charge < -0.3 is 14.5 Å². The van der Waals surface area contributed by atoms with Crippen LogP contribution in [0, 0.1) is 31.7 Å². The van der Waals surface area contributed by atoms with Crippen molar-refractivity contribution >= 4 is 38.5 Å². The first kappa shape index (κ1) is 39.4. The summed E-state index contributed by atoms with van der Waals surface area (Å²) in [5.41, 5.74) is 11.1. The van der Waals surface area contributed by atoms with Gasteiger partial charge in [0.15, 0.2) is 5.78 Å². The smallest absolute Gasteiger partial charge is 0.162 e. The zero-order valence-corrected chi connectivity index (χ0v) is 33.9. The number of furan rings is 1. The SMILES string of the molecule is CCC(CC)C(=O)/C=C(\O)C(CC)CC.Cc1cccc(C)c1-c1ccnc(-c2[c-]ccc(-c3cccc4c3ccc3oc5ccccc5c34)c2)c1.[Ir]. The molecule has 0 aliphatic rings. The third-order valence-electron chi connectivity index (χ3n) is 10.4. The number of carbonyl (C=O) groups excluding carboxylic acids is 1. The van der Waals surface area contributed by atoms with Gasteiger partial charge in [0, 0.05) is 55.0 Å². The Morgan fingerprint density at radius 3 is 2.13 bits per heavy atom. The Bertz CT molecular complexity index is 2360. The van der Waals surface area contributed by atoms with Crippen LogP contribution in [0.25, 0.3) is 66.2 Å². The standard InChI is InChI=1S/C35H24NO.C13H24O2.Ir/c1-22-8-5-9-23(2)34(22)26-18-19-36-31(21-26)25-11-6-10-24(20-25)27-13-7-14-29-28(27)16-17-33-35(29)30-12-3-4-15-32(30)37-33;1-5-10(6-2)12(14)9-13(15)11(7-3)8-4;/h3-10,12-21H,1-2H3;9-11,14H,5-8H2,1-4H3;/q-1;;/b;12-9-;. The molecule has 5 aromatic carbocycles. The monoisotopic (exact) mass is 879 g/mol. The average Bonchev–Trinajstić information content (AvgIpc) is 3.55. The van der Waals surface area contributed by atoms with Crippen LogP contribution in [0.5, 0.6) is 0 Å². The molecule has 4 nitrogen and oxygen atoms in total. The number of aryl methyl sites for hydroxylation is 2. The molecule has 0 spiro atoms. The Morgan fingerprint density at radius 1 is 0.736 bits per heavy atom. The van der Waals surface area contributed by atoms with E-state index in [0.29, 0.717) is 0 Å². The number of aromatic nitrogens is 1. The summed E-state index contributed by atoms with van der Waals surface area (Å²) in [4.78, 5) is 16.4. The third kappa shape index (κ3) is 8.38. The minimum Gasteiger partial charge on any atom is -0.512 e. The maximum absolute atomic E-state index is 11.7. The van der Waals surface area contributed by atoms with E-state index in [4.69, 9.17) is 9.40 Å². The molecule has 0 saturated carbocycles. The fourth-order valence-electron chi connectivity index (χ4n) is 7.40. The molecular formula is C48H48IrNO3-. The number of pyridine rings is 1. The molecule has 1 radical (unpaired) electrons. The minimum absolute atomic E-state index is 0. The molecule has 0 aliphatic heterocycles. The zero-order valence-electron chi connectivity index (χ0n) is 31.5. The first-order valence-electron chi connectivity index (χ1n) is 18.6. The summed E-state index contributed by atoms with van der Waals surface area (Å²) in [6.07, 6.45) is 6.80. The van der Waals surface area contributed by atoms with Crippen LogP contribution in [0.15, 0.2) is 126 Å². The van der Waals surface area contributed by atoms with E-state index in [9.17, 15) is 9.90 Å². The summed E-state index contributed by atoms with van der Waals surface area (Å²) >= 11 is 0. The molecular weight excluding hydrogens is 831 g/mol. The summed E-state index contributed by atoms with van der Waals surface area (Å²) < 4.78 is 6.13. The largest absolute Gasteiger partial charge is 0.512 e. The van der Waals surface area contributed by atoms with Crippen molar-refractivity contribution in [2.24, 2.45) is 11.8 Å². The van der Waals surface area contributed by atoms with Gasteiger partial charge in [-0.05, 0) is 102 Å². The number of rotatable bonds is 10. The van der Waals surface area contributed by atoms with Crippen molar-refractivity contribution in [1.82, 2.24) is 4.98 Å². The predicted molar refractivity (Wildman–Crippen MR) is 218 cm³/mol. The molecule has 1 N–H and O–H groups in total. The summed E-state index contributed by atoms with van der Waals surface area (Å²) in [5.74, 6) is 0.547. The molecule has 0 aliphatic carbocycles. The maximum Gasteiger partial charge on any atom is 0.162 e. The number of nitrogens with zero attached hydrogens (tertiary/aromatic N) is 1. The first-order valence-corrected chi connectivity index (χ1v) is 18.6. The van der Waals surface area contributed by atoms with E-state index in [2.05, 4.69) is 105 Å². The van der Waals surface area contributed by atoms with Crippen molar-refractivity contribution in [1.29, 1.82) is 0 Å². The van der Waals surface area contributed by atoms with E-state index in [0.717, 1.165) is 59.1 Å². The molecule has 53 heavy (non-hydrogen) atoms. The Hall–Kier alpha value is -4.83. The normalized spacial score (nSPS) is 11.6. The Labute approximate surface area is 327 Å². The molecule has 2 heterocycles. The minimum atomic E-state index is 0. The molecule has 0 bridgehead atoms. The number of ketones is 1. The molecule has 0 saturated heterocycles. The van der Waals surface area contributed by atoms with E-state index in [1.54, 1.807) is 0 Å². The van der Waals surface area contributed by atoms with Crippen molar-refractivity contribution in [2.75, 3.05) is 0 Å². The summed E-state index contributed by atoms with van der Waals surface area (Å²) in [7, 11) is 0. The first-order chi connectivity index (χ1) is 25.3. The predicted octanol–water partition coefficient (Wildman–Crippen LogP) is 13.4. The van der Waals surface area contributed by atoms with Gasteiger partial charge in [-0.2, -0.15) is 0 Å². The molecule has 7 aromatic rings. The van der Waals surface area contributed by atoms with Gasteiger partial charge in [0.05, 0.1) is 5.76 Å². The van der Waals surface area contributed by atoms with Gasteiger partial charge in [0.2, 0.25) is 0 Å². The fraction of sp³-hybridized carbons (Fsp3) is 0.250. The number of aliphatic hydroxyl groups excluding tert-OH is 1. The Morgan fingerprint density at radius 2 is 1.42 bits per heavy atom. The Kier molecular flexibility index (Phi) is 13.2. The number of para-hydroxylation sites is 1. The van der Waals surface area contributed by atoms with Crippen molar-refractivity contribution in [2.45, 2.75) is 67.2 Å². The maximum atomic E-state index is 11.7. The molecule has 0 unspecified atom stereocenters. The molecule has 0 atom stereocenters. The summed E-state index contributed by atoms with van der Waals surface area (Å²) in [6.45, 7) is 12.4. The van der Waals surface area contributed by atoms with Gasteiger partial charge in [-0.15, -0.1) is 35.4 Å². The second-order valence-corrected chi connectivity index (χ2v) is 13.6. The van der Waals surface area contributed by atoms with Crippen LogP contribution in [0.3, 0.4) is 0 Å². The fourth-order valence-corrected chi connectivity index (χ4v) is 7.40. The number of hydrogen-bond acceptors (Lipinski definition) is 4. The van der Waals surface area contributed by atoms with Crippen LogP contribution in [-0.4, -0.2) is 15.9 Å². The van der Waals surface area contributed by atoms with E-state index in [1.807, 2.05) is 52.1 Å². The average molecular weight is 879 g/mol. The van der Waals surface area contributed by atoms with Crippen LogP contribution < -0.4 is 0 Å². The van der Waals surface area contributed by atoms with E-state index < -0.39 is 0 Å². The molecule has 5 heteroatoms. The number of aliphatic hydroxyl groups is 1. The van der Waals surface area contributed by atoms with Crippen LogP contribution in [0.1, 0.15) is 64.5 Å².